The molecule has 2 aromatic heterocycles. The van der Waals surface area contributed by atoms with Gasteiger partial charge in [-0.3, -0.25) is 9.48 Å². The van der Waals surface area contributed by atoms with Gasteiger partial charge in [0, 0.05) is 6.20 Å². The Morgan fingerprint density at radius 2 is 1.81 bits per heavy atom. The number of hydrogen-bond acceptors (Lipinski definition) is 4. The lowest BCUT2D eigenvalue weighted by molar-refractivity contribution is 0.0992. The Morgan fingerprint density at radius 3 is 2.53 bits per heavy atom. The number of carbonyl (C=O) groups excluding carboxylic acids is 1. The number of anilines is 1. The Kier molecular flexibility index (Phi) is 6.70. The fraction of sp³-hybridized carbons (Fsp3) is 0.167. The molecule has 0 fully saturated rings. The van der Waals surface area contributed by atoms with Crippen LogP contribution in [0, 0.1) is 5.82 Å². The van der Waals surface area contributed by atoms with Crippen LogP contribution < -0.4 is 10.1 Å². The van der Waals surface area contributed by atoms with Gasteiger partial charge in [-0.25, -0.2) is 4.39 Å². The molecule has 1 N–H and O–H groups in total. The normalized spacial score (nSPS) is 10.8. The third-order valence-electron chi connectivity index (χ3n) is 4.80. The first-order chi connectivity index (χ1) is 15.5. The van der Waals surface area contributed by atoms with Crippen molar-refractivity contribution in [1.82, 2.24) is 9.78 Å². The first-order valence-corrected chi connectivity index (χ1v) is 10.9. The first kappa shape index (κ1) is 21.8. The lowest BCUT2D eigenvalue weighted by Gasteiger charge is -2.05. The summed E-state index contributed by atoms with van der Waals surface area (Å²) in [5.41, 5.74) is 2.12. The summed E-state index contributed by atoms with van der Waals surface area (Å²) in [5, 5.41) is 7.10. The molecular formula is C24H21BrFN3O3. The zero-order valence-electron chi connectivity index (χ0n) is 17.3. The molecule has 8 heteroatoms. The van der Waals surface area contributed by atoms with Gasteiger partial charge in [0.2, 0.25) is 0 Å². The second-order valence-corrected chi connectivity index (χ2v) is 8.01. The minimum Gasteiger partial charge on any atom is -0.486 e. The number of nitrogens with one attached hydrogen (secondary N) is 1. The van der Waals surface area contributed by atoms with Gasteiger partial charge < -0.3 is 14.5 Å². The third kappa shape index (κ3) is 5.45. The predicted octanol–water partition coefficient (Wildman–Crippen LogP) is 5.82. The molecule has 4 aromatic rings. The van der Waals surface area contributed by atoms with Crippen molar-refractivity contribution < 1.29 is 18.3 Å². The lowest BCUT2D eigenvalue weighted by Crippen LogP contribution is -2.12. The number of hydrogen-bond donors (Lipinski definition) is 1. The summed E-state index contributed by atoms with van der Waals surface area (Å²) in [6, 6.07) is 17.3. The number of carbonyl (C=O) groups is 1. The van der Waals surface area contributed by atoms with Crippen molar-refractivity contribution in [3.8, 4) is 5.75 Å². The molecule has 0 spiro atoms. The molecule has 0 bridgehead atoms. The van der Waals surface area contributed by atoms with Crippen LogP contribution >= 0.6 is 15.9 Å². The van der Waals surface area contributed by atoms with Crippen molar-refractivity contribution in [2.75, 3.05) is 5.32 Å². The number of aromatic nitrogens is 2. The molecule has 32 heavy (non-hydrogen) atoms. The van der Waals surface area contributed by atoms with E-state index in [2.05, 4.69) is 33.3 Å². The van der Waals surface area contributed by atoms with Gasteiger partial charge >= 0.3 is 0 Å². The van der Waals surface area contributed by atoms with Crippen molar-refractivity contribution in [1.29, 1.82) is 0 Å². The van der Waals surface area contributed by atoms with E-state index in [9.17, 15) is 9.18 Å². The molecule has 2 heterocycles. The fourth-order valence-electron chi connectivity index (χ4n) is 3.06. The number of benzene rings is 2. The van der Waals surface area contributed by atoms with Gasteiger partial charge in [0.15, 0.2) is 11.6 Å². The highest BCUT2D eigenvalue weighted by atomic mass is 79.9. The number of nitrogens with zero attached hydrogens (tertiary/aromatic N) is 2. The van der Waals surface area contributed by atoms with E-state index < -0.39 is 5.91 Å². The van der Waals surface area contributed by atoms with Gasteiger partial charge in [-0.15, -0.1) is 0 Å². The molecule has 0 saturated carbocycles. The minimum atomic E-state index is -0.420. The standard InChI is InChI=1S/C24H21BrFN3O3/c1-2-16-5-9-19(10-6-16)31-15-20-11-12-22(32-20)24(30)27-23-21(25)14-29(28-23)13-17-3-7-18(26)8-4-17/h3-12,14H,2,13,15H2,1H3,(H,27,28,30). The van der Waals surface area contributed by atoms with E-state index in [0.29, 0.717) is 22.6 Å². The van der Waals surface area contributed by atoms with Crippen molar-refractivity contribution in [3.63, 3.8) is 0 Å². The van der Waals surface area contributed by atoms with Gasteiger partial charge in [-0.05, 0) is 69.9 Å². The van der Waals surface area contributed by atoms with Crippen LogP contribution in [-0.2, 0) is 19.6 Å². The molecule has 0 saturated heterocycles. The number of ether oxygens (including phenoxy) is 1. The van der Waals surface area contributed by atoms with Crippen LogP contribution in [-0.4, -0.2) is 15.7 Å². The highest BCUT2D eigenvalue weighted by Gasteiger charge is 2.16. The summed E-state index contributed by atoms with van der Waals surface area (Å²) in [6.45, 7) is 2.75. The number of amides is 1. The SMILES string of the molecule is CCc1ccc(OCc2ccc(C(=O)Nc3nn(Cc4ccc(F)cc4)cc3Br)o2)cc1. The maximum absolute atomic E-state index is 13.1. The average Bonchev–Trinajstić information content (AvgIpc) is 3.41. The van der Waals surface area contributed by atoms with Crippen LogP contribution in [0.5, 0.6) is 5.75 Å². The number of halogens is 2. The van der Waals surface area contributed by atoms with E-state index in [4.69, 9.17) is 9.15 Å². The Morgan fingerprint density at radius 1 is 1.09 bits per heavy atom. The molecule has 2 aromatic carbocycles. The molecule has 4 rings (SSSR count). The van der Waals surface area contributed by atoms with Gasteiger partial charge in [0.1, 0.15) is 23.9 Å². The summed E-state index contributed by atoms with van der Waals surface area (Å²) in [6.07, 6.45) is 2.71. The average molecular weight is 498 g/mol. The zero-order valence-corrected chi connectivity index (χ0v) is 18.9. The van der Waals surface area contributed by atoms with E-state index >= 15 is 0 Å². The highest BCUT2D eigenvalue weighted by molar-refractivity contribution is 9.10. The Labute approximate surface area is 193 Å². The predicted molar refractivity (Wildman–Crippen MR) is 122 cm³/mol. The maximum atomic E-state index is 13.1. The largest absolute Gasteiger partial charge is 0.486 e. The van der Waals surface area contributed by atoms with Crippen LogP contribution in [0.1, 0.15) is 34.4 Å². The summed E-state index contributed by atoms with van der Waals surface area (Å²) >= 11 is 3.40. The molecule has 0 radical (unpaired) electrons. The first-order valence-electron chi connectivity index (χ1n) is 10.1. The van der Waals surface area contributed by atoms with Gasteiger partial charge in [-0.2, -0.15) is 5.10 Å². The van der Waals surface area contributed by atoms with E-state index in [1.807, 2.05) is 24.3 Å². The molecule has 1 amide bonds. The van der Waals surface area contributed by atoms with Crippen LogP contribution in [0.4, 0.5) is 10.2 Å². The van der Waals surface area contributed by atoms with E-state index in [-0.39, 0.29) is 18.2 Å². The van der Waals surface area contributed by atoms with Crippen LogP contribution in [0.25, 0.3) is 0 Å². The monoisotopic (exact) mass is 497 g/mol. The van der Waals surface area contributed by atoms with Crippen molar-refractivity contribution in [2.24, 2.45) is 0 Å². The van der Waals surface area contributed by atoms with E-state index in [1.165, 1.54) is 17.7 Å². The Bertz CT molecular complexity index is 1200. The van der Waals surface area contributed by atoms with Crippen LogP contribution in [0.2, 0.25) is 0 Å². The number of aryl methyl sites for hydroxylation is 1. The molecule has 0 aliphatic carbocycles. The van der Waals surface area contributed by atoms with E-state index in [0.717, 1.165) is 17.7 Å². The summed E-state index contributed by atoms with van der Waals surface area (Å²) < 4.78 is 26.7. The highest BCUT2D eigenvalue weighted by Crippen LogP contribution is 2.22. The maximum Gasteiger partial charge on any atom is 0.292 e. The smallest absolute Gasteiger partial charge is 0.292 e. The molecule has 6 nitrogen and oxygen atoms in total. The summed E-state index contributed by atoms with van der Waals surface area (Å²) in [4.78, 5) is 12.6. The summed E-state index contributed by atoms with van der Waals surface area (Å²) in [5.74, 6) is 1.08. The Balaban J connectivity index is 1.35. The minimum absolute atomic E-state index is 0.157. The second kappa shape index (κ2) is 9.82. The molecule has 164 valence electrons. The fourth-order valence-corrected chi connectivity index (χ4v) is 3.48. The molecule has 0 aliphatic heterocycles. The van der Waals surface area contributed by atoms with Gasteiger partial charge in [0.25, 0.3) is 5.91 Å². The molecule has 0 aliphatic rings. The van der Waals surface area contributed by atoms with Crippen molar-refractivity contribution >= 4 is 27.7 Å². The topological polar surface area (TPSA) is 69.3 Å². The van der Waals surface area contributed by atoms with Crippen LogP contribution in [0.3, 0.4) is 0 Å². The van der Waals surface area contributed by atoms with E-state index in [1.54, 1.807) is 35.1 Å². The lowest BCUT2D eigenvalue weighted by atomic mass is 10.2. The Hall–Kier alpha value is -3.39. The second-order valence-electron chi connectivity index (χ2n) is 7.16. The van der Waals surface area contributed by atoms with Crippen molar-refractivity contribution in [2.45, 2.75) is 26.5 Å². The third-order valence-corrected chi connectivity index (χ3v) is 5.39. The zero-order chi connectivity index (χ0) is 22.5. The van der Waals surface area contributed by atoms with Gasteiger partial charge in [0.05, 0.1) is 11.0 Å². The summed E-state index contributed by atoms with van der Waals surface area (Å²) in [7, 11) is 0. The number of furan rings is 1. The molecule has 0 unspecified atom stereocenters. The van der Waals surface area contributed by atoms with Crippen LogP contribution in [0.15, 0.2) is 75.8 Å². The molecular weight excluding hydrogens is 477 g/mol. The number of rotatable bonds is 8. The van der Waals surface area contributed by atoms with Crippen molar-refractivity contribution in [3.05, 3.63) is 99.8 Å². The van der Waals surface area contributed by atoms with Gasteiger partial charge in [-0.1, -0.05) is 31.2 Å². The molecule has 0 atom stereocenters. The quantitative estimate of drug-likeness (QED) is 0.333.